The highest BCUT2D eigenvalue weighted by molar-refractivity contribution is 5.88. The Hall–Kier alpha value is -3.59. The van der Waals surface area contributed by atoms with E-state index in [1.165, 1.54) is 14.2 Å². The highest BCUT2D eigenvalue weighted by atomic mass is 16.5. The number of aliphatic hydroxyl groups is 1. The van der Waals surface area contributed by atoms with Gasteiger partial charge in [0.25, 0.3) is 0 Å². The molecule has 2 aromatic rings. The summed E-state index contributed by atoms with van der Waals surface area (Å²) in [4.78, 5) is 37.0. The van der Waals surface area contributed by atoms with E-state index in [9.17, 15) is 19.5 Å². The van der Waals surface area contributed by atoms with Crippen molar-refractivity contribution >= 4 is 17.8 Å². The number of aliphatic hydroxyl groups excluding tert-OH is 1. The second-order valence-electron chi connectivity index (χ2n) is 8.96. The molecule has 0 radical (unpaired) electrons. The van der Waals surface area contributed by atoms with Crippen LogP contribution in [0.15, 0.2) is 48.5 Å². The second kappa shape index (κ2) is 14.1. The van der Waals surface area contributed by atoms with Gasteiger partial charge in [-0.25, -0.2) is 0 Å². The molecule has 1 unspecified atom stereocenters. The fourth-order valence-electron chi connectivity index (χ4n) is 3.83. The minimum atomic E-state index is -1.07. The van der Waals surface area contributed by atoms with Gasteiger partial charge in [-0.1, -0.05) is 50.2 Å². The van der Waals surface area contributed by atoms with E-state index in [0.717, 1.165) is 5.56 Å². The van der Waals surface area contributed by atoms with Crippen LogP contribution in [0, 0.1) is 5.92 Å². The Balaban J connectivity index is 2.11. The topological polar surface area (TPSA) is 134 Å². The molecule has 9 nitrogen and oxygen atoms in total. The van der Waals surface area contributed by atoms with Crippen molar-refractivity contribution in [2.24, 2.45) is 5.92 Å². The number of benzene rings is 2. The Morgan fingerprint density at radius 3 is 2.17 bits per heavy atom. The monoisotopic (exact) mass is 500 g/mol. The number of carboxylic acids is 1. The van der Waals surface area contributed by atoms with E-state index in [-0.39, 0.29) is 31.1 Å². The molecule has 0 bridgehead atoms. The zero-order valence-corrected chi connectivity index (χ0v) is 21.2. The predicted octanol–water partition coefficient (Wildman–Crippen LogP) is 2.34. The quantitative estimate of drug-likeness (QED) is 0.313. The molecule has 3 atom stereocenters. The molecule has 2 rings (SSSR count). The number of ether oxygens (including phenoxy) is 2. The fourth-order valence-corrected chi connectivity index (χ4v) is 3.83. The summed E-state index contributed by atoms with van der Waals surface area (Å²) in [6.45, 7) is 3.63. The summed E-state index contributed by atoms with van der Waals surface area (Å²) in [6, 6.07) is 12.9. The molecule has 196 valence electrons. The third kappa shape index (κ3) is 8.88. The van der Waals surface area contributed by atoms with Gasteiger partial charge in [0, 0.05) is 6.42 Å². The zero-order chi connectivity index (χ0) is 26.7. The molecular weight excluding hydrogens is 464 g/mol. The third-order valence-corrected chi connectivity index (χ3v) is 5.82. The van der Waals surface area contributed by atoms with Gasteiger partial charge in [0.05, 0.1) is 32.8 Å². The van der Waals surface area contributed by atoms with Gasteiger partial charge >= 0.3 is 5.97 Å². The lowest BCUT2D eigenvalue weighted by Gasteiger charge is -2.28. The van der Waals surface area contributed by atoms with E-state index in [0.29, 0.717) is 23.5 Å². The molecule has 0 saturated heterocycles. The first kappa shape index (κ1) is 28.6. The smallest absolute Gasteiger partial charge is 0.303 e. The van der Waals surface area contributed by atoms with Crippen molar-refractivity contribution in [3.63, 3.8) is 0 Å². The number of carboxylic acid groups (broad SMARTS) is 1. The molecule has 0 aliphatic heterocycles. The third-order valence-electron chi connectivity index (χ3n) is 5.82. The molecule has 4 N–H and O–H groups in total. The van der Waals surface area contributed by atoms with Crippen LogP contribution in [-0.4, -0.2) is 60.4 Å². The molecule has 0 saturated carbocycles. The number of aliphatic carboxylic acids is 1. The van der Waals surface area contributed by atoms with Crippen LogP contribution >= 0.6 is 0 Å². The predicted molar refractivity (Wildman–Crippen MR) is 135 cm³/mol. The van der Waals surface area contributed by atoms with E-state index in [2.05, 4.69) is 10.6 Å². The summed E-state index contributed by atoms with van der Waals surface area (Å²) in [5, 5.41) is 25.3. The lowest BCUT2D eigenvalue weighted by molar-refractivity contribution is -0.137. The average Bonchev–Trinajstić information content (AvgIpc) is 2.85. The molecule has 0 aliphatic carbocycles. The Morgan fingerprint density at radius 2 is 1.58 bits per heavy atom. The molecule has 9 heteroatoms. The van der Waals surface area contributed by atoms with Crippen LogP contribution < -0.4 is 20.1 Å². The zero-order valence-electron chi connectivity index (χ0n) is 21.2. The number of hydrogen-bond donors (Lipinski definition) is 4. The Labute approximate surface area is 211 Å². The van der Waals surface area contributed by atoms with Gasteiger partial charge in [0.1, 0.15) is 6.04 Å². The normalized spacial score (nSPS) is 13.4. The van der Waals surface area contributed by atoms with Crippen LogP contribution in [0.4, 0.5) is 0 Å². The minimum Gasteiger partial charge on any atom is -0.493 e. The molecule has 36 heavy (non-hydrogen) atoms. The number of methoxy groups -OCH3 is 2. The summed E-state index contributed by atoms with van der Waals surface area (Å²) in [5.41, 5.74) is 1.58. The SMILES string of the molecule is COc1ccc(CC(=O)NC(C(=O)N[C@@H](Cc2ccccc2)[C@@H](O)CCC(=O)O)C(C)C)cc1OC. The highest BCUT2D eigenvalue weighted by Crippen LogP contribution is 2.27. The van der Waals surface area contributed by atoms with Crippen molar-refractivity contribution in [1.29, 1.82) is 0 Å². The maximum Gasteiger partial charge on any atom is 0.303 e. The molecule has 0 heterocycles. The van der Waals surface area contributed by atoms with Gasteiger partial charge in [-0.05, 0) is 42.0 Å². The van der Waals surface area contributed by atoms with E-state index < -0.39 is 30.1 Å². The van der Waals surface area contributed by atoms with Crippen LogP contribution in [-0.2, 0) is 27.2 Å². The maximum absolute atomic E-state index is 13.2. The number of nitrogens with one attached hydrogen (secondary N) is 2. The van der Waals surface area contributed by atoms with Crippen LogP contribution in [0.2, 0.25) is 0 Å². The summed E-state index contributed by atoms with van der Waals surface area (Å²) in [7, 11) is 3.04. The standard InChI is InChI=1S/C27H36N2O7/c1-17(2)26(29-24(31)16-19-10-12-22(35-3)23(15-19)36-4)27(34)28-20(21(30)11-13-25(32)33)14-18-8-6-5-7-9-18/h5-10,12,15,17,20-21,26,30H,11,13-14,16H2,1-4H3,(H,28,34)(H,29,31)(H,32,33)/t20-,21-,26?/m0/s1. The van der Waals surface area contributed by atoms with Gasteiger partial charge in [-0.3, -0.25) is 14.4 Å². The first-order valence-corrected chi connectivity index (χ1v) is 11.9. The van der Waals surface area contributed by atoms with Crippen molar-refractivity contribution < 1.29 is 34.1 Å². The number of amides is 2. The van der Waals surface area contributed by atoms with Gasteiger partial charge in [-0.15, -0.1) is 0 Å². The summed E-state index contributed by atoms with van der Waals surface area (Å²) in [6.07, 6.45) is -0.951. The molecule has 0 spiro atoms. The summed E-state index contributed by atoms with van der Waals surface area (Å²) in [5.74, 6) is -0.996. The minimum absolute atomic E-state index is 0.00881. The largest absolute Gasteiger partial charge is 0.493 e. The van der Waals surface area contributed by atoms with Crippen LogP contribution in [0.1, 0.15) is 37.8 Å². The van der Waals surface area contributed by atoms with Crippen molar-refractivity contribution in [1.82, 2.24) is 10.6 Å². The van der Waals surface area contributed by atoms with Crippen LogP contribution in [0.3, 0.4) is 0 Å². The van der Waals surface area contributed by atoms with Crippen molar-refractivity contribution in [3.05, 3.63) is 59.7 Å². The van der Waals surface area contributed by atoms with E-state index in [1.54, 1.807) is 18.2 Å². The molecular formula is C27H36N2O7. The van der Waals surface area contributed by atoms with Gasteiger partial charge in [-0.2, -0.15) is 0 Å². The van der Waals surface area contributed by atoms with Crippen molar-refractivity contribution in [2.45, 2.75) is 57.7 Å². The second-order valence-corrected chi connectivity index (χ2v) is 8.96. The fraction of sp³-hybridized carbons (Fsp3) is 0.444. The first-order valence-electron chi connectivity index (χ1n) is 11.9. The number of rotatable bonds is 14. The van der Waals surface area contributed by atoms with Gasteiger partial charge < -0.3 is 30.3 Å². The highest BCUT2D eigenvalue weighted by Gasteiger charge is 2.29. The molecule has 0 aromatic heterocycles. The summed E-state index contributed by atoms with van der Waals surface area (Å²) < 4.78 is 10.5. The molecule has 0 aliphatic rings. The van der Waals surface area contributed by atoms with E-state index >= 15 is 0 Å². The number of carbonyl (C=O) groups is 3. The van der Waals surface area contributed by atoms with Crippen LogP contribution in [0.5, 0.6) is 11.5 Å². The number of hydrogen-bond acceptors (Lipinski definition) is 6. The maximum atomic E-state index is 13.2. The first-order chi connectivity index (χ1) is 17.1. The van der Waals surface area contributed by atoms with E-state index in [4.69, 9.17) is 14.6 Å². The molecule has 2 aromatic carbocycles. The average molecular weight is 501 g/mol. The van der Waals surface area contributed by atoms with Crippen molar-refractivity contribution in [2.75, 3.05) is 14.2 Å². The Kier molecular flexibility index (Phi) is 11.2. The summed E-state index contributed by atoms with van der Waals surface area (Å²) >= 11 is 0. The Bertz CT molecular complexity index is 1010. The van der Waals surface area contributed by atoms with Gasteiger partial charge in [0.15, 0.2) is 11.5 Å². The van der Waals surface area contributed by atoms with E-state index in [1.807, 2.05) is 44.2 Å². The van der Waals surface area contributed by atoms with Gasteiger partial charge in [0.2, 0.25) is 11.8 Å². The lowest BCUT2D eigenvalue weighted by atomic mass is 9.96. The lowest BCUT2D eigenvalue weighted by Crippen LogP contribution is -2.55. The molecule has 0 fully saturated rings. The molecule has 2 amide bonds. The van der Waals surface area contributed by atoms with Crippen LogP contribution in [0.25, 0.3) is 0 Å². The Morgan fingerprint density at radius 1 is 0.917 bits per heavy atom. The van der Waals surface area contributed by atoms with Crippen molar-refractivity contribution in [3.8, 4) is 11.5 Å². The number of carbonyl (C=O) groups excluding carboxylic acids is 2.